The van der Waals surface area contributed by atoms with Crippen molar-refractivity contribution in [3.63, 3.8) is 0 Å². The first-order chi connectivity index (χ1) is 18.7. The Morgan fingerprint density at radius 1 is 1.00 bits per heavy atom. The summed E-state index contributed by atoms with van der Waals surface area (Å²) in [7, 11) is -3.31. The van der Waals surface area contributed by atoms with Crippen LogP contribution in [-0.4, -0.2) is 73.1 Å². The van der Waals surface area contributed by atoms with Gasteiger partial charge in [-0.05, 0) is 55.0 Å². The van der Waals surface area contributed by atoms with E-state index >= 15 is 0 Å². The van der Waals surface area contributed by atoms with Gasteiger partial charge in [-0.3, -0.25) is 4.90 Å². The molecule has 4 aromatic rings. The molecule has 1 amide bonds. The second-order valence-corrected chi connectivity index (χ2v) is 12.8. The lowest BCUT2D eigenvalue weighted by Gasteiger charge is -2.33. The van der Waals surface area contributed by atoms with E-state index in [-0.39, 0.29) is 6.09 Å². The maximum atomic E-state index is 12.1. The molecular formula is C28H29ClN4O4S2. The maximum absolute atomic E-state index is 12.1. The molecule has 1 aliphatic rings. The van der Waals surface area contributed by atoms with Crippen molar-refractivity contribution in [1.82, 2.24) is 19.6 Å². The lowest BCUT2D eigenvalue weighted by Crippen LogP contribution is -2.48. The fraction of sp³-hybridized carbons (Fsp3) is 0.286. The summed E-state index contributed by atoms with van der Waals surface area (Å²) >= 11 is 8.15. The van der Waals surface area contributed by atoms with Crippen LogP contribution in [0.1, 0.15) is 12.6 Å². The van der Waals surface area contributed by atoms with Gasteiger partial charge in [-0.2, -0.15) is 5.10 Å². The lowest BCUT2D eigenvalue weighted by atomic mass is 10.2. The minimum atomic E-state index is -3.31. The standard InChI is InChI=1S/C28H29ClN4O4S2/c1-3-37-28(34)32-15-13-31(14-16-32)19-21-18-25(33(30-21)24-10-5-4-9-23(24)29)27-12-11-26(38-27)20-7-6-8-22(17-20)39(2,35)36/h4-12,17-18H,3,13-16,19H2,1-2H3. The van der Waals surface area contributed by atoms with Crippen molar-refractivity contribution in [3.05, 3.63) is 77.4 Å². The lowest BCUT2D eigenvalue weighted by molar-refractivity contribution is 0.0775. The number of benzene rings is 2. The number of hydrogen-bond donors (Lipinski definition) is 0. The van der Waals surface area contributed by atoms with Gasteiger partial charge in [0.05, 0.1) is 38.5 Å². The number of para-hydroxylation sites is 1. The van der Waals surface area contributed by atoms with Crippen LogP contribution in [0.2, 0.25) is 5.02 Å². The molecule has 2 aromatic heterocycles. The summed E-state index contributed by atoms with van der Waals surface area (Å²) in [6.07, 6.45) is 0.949. The molecular weight excluding hydrogens is 556 g/mol. The second-order valence-electron chi connectivity index (χ2n) is 9.31. The minimum absolute atomic E-state index is 0.266. The number of aromatic nitrogens is 2. The summed E-state index contributed by atoms with van der Waals surface area (Å²) in [4.78, 5) is 18.3. The highest BCUT2D eigenvalue weighted by atomic mass is 35.5. The Bertz CT molecular complexity index is 1590. The summed E-state index contributed by atoms with van der Waals surface area (Å²) in [6.45, 7) is 5.49. The van der Waals surface area contributed by atoms with Crippen molar-refractivity contribution in [1.29, 1.82) is 0 Å². The minimum Gasteiger partial charge on any atom is -0.450 e. The summed E-state index contributed by atoms with van der Waals surface area (Å²) in [5, 5.41) is 5.53. The number of hydrogen-bond acceptors (Lipinski definition) is 7. The van der Waals surface area contributed by atoms with Crippen LogP contribution in [0.5, 0.6) is 0 Å². The van der Waals surface area contributed by atoms with Crippen LogP contribution in [0.3, 0.4) is 0 Å². The van der Waals surface area contributed by atoms with Gasteiger partial charge in [0.2, 0.25) is 0 Å². The van der Waals surface area contributed by atoms with Crippen LogP contribution in [-0.2, 0) is 21.1 Å². The van der Waals surface area contributed by atoms with Crippen LogP contribution in [0.25, 0.3) is 26.7 Å². The van der Waals surface area contributed by atoms with Gasteiger partial charge in [0.25, 0.3) is 0 Å². The molecule has 0 N–H and O–H groups in total. The number of ether oxygens (including phenoxy) is 1. The smallest absolute Gasteiger partial charge is 0.409 e. The van der Waals surface area contributed by atoms with Gasteiger partial charge >= 0.3 is 6.09 Å². The molecule has 2 aromatic carbocycles. The molecule has 0 bridgehead atoms. The predicted molar refractivity (Wildman–Crippen MR) is 154 cm³/mol. The van der Waals surface area contributed by atoms with E-state index in [1.165, 1.54) is 6.26 Å². The van der Waals surface area contributed by atoms with E-state index in [0.29, 0.717) is 36.2 Å². The van der Waals surface area contributed by atoms with Crippen molar-refractivity contribution in [2.45, 2.75) is 18.4 Å². The molecule has 204 valence electrons. The quantitative estimate of drug-likeness (QED) is 0.281. The zero-order chi connectivity index (χ0) is 27.6. The molecule has 1 aliphatic heterocycles. The van der Waals surface area contributed by atoms with Crippen molar-refractivity contribution in [2.75, 3.05) is 39.0 Å². The van der Waals surface area contributed by atoms with Crippen molar-refractivity contribution in [2.24, 2.45) is 0 Å². The summed E-state index contributed by atoms with van der Waals surface area (Å²) in [5.41, 5.74) is 3.42. The first-order valence-corrected chi connectivity index (χ1v) is 15.7. The van der Waals surface area contributed by atoms with E-state index in [9.17, 15) is 13.2 Å². The fourth-order valence-corrected chi connectivity index (χ4v) is 6.42. The fourth-order valence-electron chi connectivity index (χ4n) is 4.53. The number of halogens is 1. The highest BCUT2D eigenvalue weighted by molar-refractivity contribution is 7.90. The van der Waals surface area contributed by atoms with E-state index in [1.54, 1.807) is 34.4 Å². The third kappa shape index (κ3) is 6.19. The Kier molecular flexibility index (Phi) is 8.08. The normalized spacial score (nSPS) is 14.5. The number of carbonyl (C=O) groups is 1. The molecule has 5 rings (SSSR count). The van der Waals surface area contributed by atoms with Crippen LogP contribution in [0.4, 0.5) is 4.79 Å². The molecule has 0 radical (unpaired) electrons. The third-order valence-corrected chi connectivity index (χ3v) is 9.12. The molecule has 8 nitrogen and oxygen atoms in total. The Morgan fingerprint density at radius 3 is 2.46 bits per heavy atom. The summed E-state index contributed by atoms with van der Waals surface area (Å²) < 4.78 is 31.1. The number of piperazine rings is 1. The van der Waals surface area contributed by atoms with E-state index in [4.69, 9.17) is 21.4 Å². The average molecular weight is 585 g/mol. The average Bonchev–Trinajstić information content (AvgIpc) is 3.57. The van der Waals surface area contributed by atoms with Gasteiger partial charge in [-0.1, -0.05) is 35.9 Å². The Labute approximate surface area is 237 Å². The Morgan fingerprint density at radius 2 is 1.74 bits per heavy atom. The number of amides is 1. The molecule has 1 fully saturated rings. The molecule has 39 heavy (non-hydrogen) atoms. The van der Waals surface area contributed by atoms with Gasteiger partial charge in [0, 0.05) is 43.9 Å². The van der Waals surface area contributed by atoms with Crippen LogP contribution in [0.15, 0.2) is 71.6 Å². The number of rotatable bonds is 7. The third-order valence-electron chi connectivity index (χ3n) is 6.53. The van der Waals surface area contributed by atoms with Crippen LogP contribution in [0, 0.1) is 0 Å². The van der Waals surface area contributed by atoms with Gasteiger partial charge in [0.15, 0.2) is 9.84 Å². The van der Waals surface area contributed by atoms with Crippen LogP contribution < -0.4 is 0 Å². The first-order valence-electron chi connectivity index (χ1n) is 12.6. The number of nitrogens with zero attached hydrogens (tertiary/aromatic N) is 4. The van der Waals surface area contributed by atoms with Crippen molar-refractivity contribution < 1.29 is 17.9 Å². The number of sulfone groups is 1. The van der Waals surface area contributed by atoms with Crippen LogP contribution >= 0.6 is 22.9 Å². The topological polar surface area (TPSA) is 84.7 Å². The SMILES string of the molecule is CCOC(=O)N1CCN(Cc2cc(-c3ccc(-c4cccc(S(C)(=O)=O)c4)s3)n(-c3ccccc3Cl)n2)CC1. The van der Waals surface area contributed by atoms with Gasteiger partial charge in [-0.25, -0.2) is 17.9 Å². The van der Waals surface area contributed by atoms with Crippen molar-refractivity contribution in [3.8, 4) is 26.7 Å². The molecule has 0 spiro atoms. The number of thiophene rings is 1. The molecule has 3 heterocycles. The first kappa shape index (κ1) is 27.4. The Hall–Kier alpha value is -3.18. The molecule has 0 aliphatic carbocycles. The Balaban J connectivity index is 1.44. The van der Waals surface area contributed by atoms with E-state index < -0.39 is 9.84 Å². The molecule has 0 unspecified atom stereocenters. The zero-order valence-electron chi connectivity index (χ0n) is 21.7. The highest BCUT2D eigenvalue weighted by Gasteiger charge is 2.24. The monoisotopic (exact) mass is 584 g/mol. The highest BCUT2D eigenvalue weighted by Crippen LogP contribution is 2.37. The van der Waals surface area contributed by atoms with E-state index in [1.807, 2.05) is 54.1 Å². The van der Waals surface area contributed by atoms with E-state index in [2.05, 4.69) is 11.0 Å². The van der Waals surface area contributed by atoms with Gasteiger partial charge in [0.1, 0.15) is 0 Å². The second kappa shape index (κ2) is 11.5. The van der Waals surface area contributed by atoms with Gasteiger partial charge < -0.3 is 9.64 Å². The summed E-state index contributed by atoms with van der Waals surface area (Å²) in [6, 6.07) is 20.7. The predicted octanol–water partition coefficient (Wildman–Crippen LogP) is 5.60. The molecule has 11 heteroatoms. The maximum Gasteiger partial charge on any atom is 0.409 e. The molecule has 0 saturated carbocycles. The summed E-state index contributed by atoms with van der Waals surface area (Å²) in [5.74, 6) is 0. The van der Waals surface area contributed by atoms with Gasteiger partial charge in [-0.15, -0.1) is 11.3 Å². The van der Waals surface area contributed by atoms with Crippen molar-refractivity contribution >= 4 is 38.9 Å². The largest absolute Gasteiger partial charge is 0.450 e. The number of carbonyl (C=O) groups excluding carboxylic acids is 1. The molecule has 1 saturated heterocycles. The zero-order valence-corrected chi connectivity index (χ0v) is 24.1. The molecule has 0 atom stereocenters. The van der Waals surface area contributed by atoms with E-state index in [0.717, 1.165) is 45.5 Å².